The predicted molar refractivity (Wildman–Crippen MR) is 93.2 cm³/mol. The second kappa shape index (κ2) is 6.85. The lowest BCUT2D eigenvalue weighted by molar-refractivity contribution is -0.145. The van der Waals surface area contributed by atoms with Gasteiger partial charge in [-0.2, -0.15) is 5.26 Å². The molecule has 0 spiro atoms. The quantitative estimate of drug-likeness (QED) is 0.868. The number of carboxylic acids is 1. The first kappa shape index (κ1) is 17.7. The van der Waals surface area contributed by atoms with Gasteiger partial charge in [-0.25, -0.2) is 0 Å². The second-order valence-corrected chi connectivity index (χ2v) is 7.05. The molecular weight excluding hydrogens is 324 g/mol. The van der Waals surface area contributed by atoms with Crippen LogP contribution in [0.3, 0.4) is 0 Å². The van der Waals surface area contributed by atoms with Crippen LogP contribution in [0, 0.1) is 25.2 Å². The number of carbonyl (C=O) groups is 2. The Balaban J connectivity index is 2.26. The van der Waals surface area contributed by atoms with Crippen LogP contribution in [0.25, 0.3) is 0 Å². The van der Waals surface area contributed by atoms with Gasteiger partial charge >= 0.3 is 5.97 Å². The standard InChI is InChI=1S/C18H18N2O3S/c1-11-12(2)24-16(14(11)10-19)20-15(21)9-18(3,17(22)23)13-7-5-4-6-8-13/h4-8H,9H2,1-3H3,(H,20,21)(H,22,23)/t18-/m0/s1. The fourth-order valence-electron chi connectivity index (χ4n) is 2.45. The molecule has 1 aromatic heterocycles. The minimum absolute atomic E-state index is 0.215. The maximum absolute atomic E-state index is 12.4. The number of hydrogen-bond donors (Lipinski definition) is 2. The van der Waals surface area contributed by atoms with Gasteiger partial charge in [-0.15, -0.1) is 11.3 Å². The van der Waals surface area contributed by atoms with Gasteiger partial charge in [0.2, 0.25) is 5.91 Å². The first-order valence-electron chi connectivity index (χ1n) is 7.38. The summed E-state index contributed by atoms with van der Waals surface area (Å²) in [6, 6.07) is 10.8. The summed E-state index contributed by atoms with van der Waals surface area (Å²) in [5.41, 5.74) is 0.496. The summed E-state index contributed by atoms with van der Waals surface area (Å²) >= 11 is 1.32. The van der Waals surface area contributed by atoms with E-state index in [1.807, 2.05) is 13.8 Å². The van der Waals surface area contributed by atoms with Gasteiger partial charge in [-0.1, -0.05) is 30.3 Å². The number of carboxylic acid groups (broad SMARTS) is 1. The maximum atomic E-state index is 12.4. The SMILES string of the molecule is Cc1sc(NC(=O)C[C@](C)(C(=O)O)c2ccccc2)c(C#N)c1C. The summed E-state index contributed by atoms with van der Waals surface area (Å²) in [7, 11) is 0. The molecule has 1 atom stereocenters. The number of carbonyl (C=O) groups excluding carboxylic acids is 1. The fraction of sp³-hybridized carbons (Fsp3) is 0.278. The molecule has 5 nitrogen and oxygen atoms in total. The molecule has 0 aliphatic carbocycles. The average Bonchev–Trinajstić information content (AvgIpc) is 2.81. The lowest BCUT2D eigenvalue weighted by atomic mass is 9.79. The van der Waals surface area contributed by atoms with Gasteiger partial charge in [-0.05, 0) is 31.9 Å². The molecular formula is C18H18N2O3S. The highest BCUT2D eigenvalue weighted by Gasteiger charge is 2.37. The van der Waals surface area contributed by atoms with Gasteiger partial charge in [0.15, 0.2) is 0 Å². The van der Waals surface area contributed by atoms with E-state index in [4.69, 9.17) is 0 Å². The van der Waals surface area contributed by atoms with Gasteiger partial charge in [0.25, 0.3) is 0 Å². The number of aliphatic carboxylic acids is 1. The Morgan fingerprint density at radius 2 is 1.92 bits per heavy atom. The van der Waals surface area contributed by atoms with E-state index in [0.29, 0.717) is 16.1 Å². The number of hydrogen-bond acceptors (Lipinski definition) is 4. The summed E-state index contributed by atoms with van der Waals surface area (Å²) in [5, 5.41) is 22.0. The van der Waals surface area contributed by atoms with Crippen molar-refractivity contribution >= 4 is 28.2 Å². The second-order valence-electron chi connectivity index (χ2n) is 5.83. The Morgan fingerprint density at radius 3 is 2.46 bits per heavy atom. The van der Waals surface area contributed by atoms with Gasteiger partial charge in [0, 0.05) is 11.3 Å². The molecule has 0 saturated heterocycles. The molecule has 0 aliphatic heterocycles. The van der Waals surface area contributed by atoms with Crippen LogP contribution >= 0.6 is 11.3 Å². The van der Waals surface area contributed by atoms with E-state index in [-0.39, 0.29) is 6.42 Å². The average molecular weight is 342 g/mol. The van der Waals surface area contributed by atoms with Crippen LogP contribution in [0.4, 0.5) is 5.00 Å². The summed E-state index contributed by atoms with van der Waals surface area (Å²) in [6.45, 7) is 5.23. The zero-order valence-corrected chi connectivity index (χ0v) is 14.5. The Morgan fingerprint density at radius 1 is 1.29 bits per heavy atom. The molecule has 2 N–H and O–H groups in total. The lowest BCUT2D eigenvalue weighted by Gasteiger charge is -2.24. The third-order valence-electron chi connectivity index (χ3n) is 4.15. The number of anilines is 1. The van der Waals surface area contributed by atoms with Crippen molar-refractivity contribution in [2.45, 2.75) is 32.6 Å². The third kappa shape index (κ3) is 3.31. The molecule has 0 aliphatic rings. The first-order valence-corrected chi connectivity index (χ1v) is 8.20. The minimum Gasteiger partial charge on any atom is -0.481 e. The number of benzene rings is 1. The summed E-state index contributed by atoms with van der Waals surface area (Å²) in [4.78, 5) is 25.1. The van der Waals surface area contributed by atoms with Crippen LogP contribution < -0.4 is 5.32 Å². The highest BCUT2D eigenvalue weighted by Crippen LogP contribution is 2.33. The Bertz CT molecular complexity index is 821. The fourth-order valence-corrected chi connectivity index (χ4v) is 3.48. The van der Waals surface area contributed by atoms with E-state index in [9.17, 15) is 20.0 Å². The van der Waals surface area contributed by atoms with Crippen LogP contribution in [-0.4, -0.2) is 17.0 Å². The normalized spacial score (nSPS) is 12.9. The van der Waals surface area contributed by atoms with Crippen molar-refractivity contribution in [3.8, 4) is 6.07 Å². The van der Waals surface area contributed by atoms with E-state index in [0.717, 1.165) is 10.4 Å². The van der Waals surface area contributed by atoms with Crippen molar-refractivity contribution in [2.24, 2.45) is 0 Å². The zero-order valence-electron chi connectivity index (χ0n) is 13.7. The van der Waals surface area contributed by atoms with E-state index < -0.39 is 17.3 Å². The van der Waals surface area contributed by atoms with Crippen LogP contribution in [0.2, 0.25) is 0 Å². The van der Waals surface area contributed by atoms with Gasteiger partial charge in [0.1, 0.15) is 11.1 Å². The van der Waals surface area contributed by atoms with Crippen LogP contribution in [0.5, 0.6) is 0 Å². The van der Waals surface area contributed by atoms with Crippen LogP contribution in [-0.2, 0) is 15.0 Å². The molecule has 0 radical (unpaired) electrons. The maximum Gasteiger partial charge on any atom is 0.314 e. The number of nitrogens with one attached hydrogen (secondary N) is 1. The molecule has 1 aromatic carbocycles. The van der Waals surface area contributed by atoms with E-state index in [1.165, 1.54) is 18.3 Å². The molecule has 24 heavy (non-hydrogen) atoms. The summed E-state index contributed by atoms with van der Waals surface area (Å²) in [5.74, 6) is -1.50. The molecule has 0 unspecified atom stereocenters. The Labute approximate surface area is 144 Å². The van der Waals surface area contributed by atoms with Crippen LogP contribution in [0.1, 0.15) is 34.9 Å². The molecule has 124 valence electrons. The minimum atomic E-state index is -1.33. The van der Waals surface area contributed by atoms with Crippen molar-refractivity contribution in [1.29, 1.82) is 5.26 Å². The third-order valence-corrected chi connectivity index (χ3v) is 5.27. The number of nitrogens with zero attached hydrogens (tertiary/aromatic N) is 1. The number of thiophene rings is 1. The number of rotatable bonds is 5. The first-order chi connectivity index (χ1) is 11.3. The van der Waals surface area contributed by atoms with Crippen molar-refractivity contribution in [1.82, 2.24) is 0 Å². The Hall–Kier alpha value is -2.65. The molecule has 2 rings (SSSR count). The lowest BCUT2D eigenvalue weighted by Crippen LogP contribution is -2.36. The highest BCUT2D eigenvalue weighted by atomic mass is 32.1. The number of aryl methyl sites for hydroxylation is 1. The van der Waals surface area contributed by atoms with Crippen molar-refractivity contribution in [2.75, 3.05) is 5.32 Å². The monoisotopic (exact) mass is 342 g/mol. The summed E-state index contributed by atoms with van der Waals surface area (Å²) in [6.07, 6.45) is -0.215. The molecule has 0 bridgehead atoms. The molecule has 0 fully saturated rings. The number of amides is 1. The molecule has 0 saturated carbocycles. The van der Waals surface area contributed by atoms with Gasteiger partial charge in [-0.3, -0.25) is 9.59 Å². The van der Waals surface area contributed by atoms with Crippen molar-refractivity contribution < 1.29 is 14.7 Å². The topological polar surface area (TPSA) is 90.2 Å². The van der Waals surface area contributed by atoms with Gasteiger partial charge in [0.05, 0.1) is 11.0 Å². The van der Waals surface area contributed by atoms with E-state index in [2.05, 4.69) is 11.4 Å². The molecule has 6 heteroatoms. The predicted octanol–water partition coefficient (Wildman–Crippen LogP) is 3.61. The van der Waals surface area contributed by atoms with E-state index >= 15 is 0 Å². The highest BCUT2D eigenvalue weighted by molar-refractivity contribution is 7.16. The number of nitriles is 1. The van der Waals surface area contributed by atoms with Crippen molar-refractivity contribution in [3.63, 3.8) is 0 Å². The Kier molecular flexibility index (Phi) is 5.05. The van der Waals surface area contributed by atoms with E-state index in [1.54, 1.807) is 30.3 Å². The molecule has 2 aromatic rings. The molecule has 1 heterocycles. The summed E-state index contributed by atoms with van der Waals surface area (Å²) < 4.78 is 0. The zero-order chi connectivity index (χ0) is 17.9. The molecule has 1 amide bonds. The van der Waals surface area contributed by atoms with Gasteiger partial charge < -0.3 is 10.4 Å². The van der Waals surface area contributed by atoms with Crippen LogP contribution in [0.15, 0.2) is 30.3 Å². The smallest absolute Gasteiger partial charge is 0.314 e. The van der Waals surface area contributed by atoms with Crippen molar-refractivity contribution in [3.05, 3.63) is 51.9 Å². The largest absolute Gasteiger partial charge is 0.481 e.